The normalized spacial score (nSPS) is 29.9. The molecule has 2 bridgehead atoms. The van der Waals surface area contributed by atoms with E-state index in [0.29, 0.717) is 6.04 Å². The van der Waals surface area contributed by atoms with Gasteiger partial charge in [0.2, 0.25) is 0 Å². The zero-order valence-electron chi connectivity index (χ0n) is 15.8. The Morgan fingerprint density at radius 2 is 1.88 bits per heavy atom. The van der Waals surface area contributed by atoms with Crippen LogP contribution in [0.25, 0.3) is 5.65 Å². The summed E-state index contributed by atoms with van der Waals surface area (Å²) in [6, 6.07) is 6.39. The lowest BCUT2D eigenvalue weighted by Gasteiger charge is -2.48. The van der Waals surface area contributed by atoms with E-state index in [1.807, 2.05) is 17.5 Å². The van der Waals surface area contributed by atoms with E-state index in [9.17, 15) is 0 Å². The van der Waals surface area contributed by atoms with Crippen molar-refractivity contribution < 1.29 is 0 Å². The van der Waals surface area contributed by atoms with Crippen LogP contribution in [-0.2, 0) is 0 Å². The van der Waals surface area contributed by atoms with E-state index < -0.39 is 0 Å². The van der Waals surface area contributed by atoms with Gasteiger partial charge in [-0.1, -0.05) is 6.42 Å². The summed E-state index contributed by atoms with van der Waals surface area (Å²) in [5.74, 6) is 2.60. The van der Waals surface area contributed by atoms with E-state index in [1.54, 1.807) is 0 Å². The number of aromatic nitrogens is 4. The number of anilines is 1. The molecule has 0 spiro atoms. The molecule has 7 nitrogen and oxygen atoms in total. The van der Waals surface area contributed by atoms with Crippen LogP contribution in [0.4, 0.5) is 5.82 Å². The summed E-state index contributed by atoms with van der Waals surface area (Å²) in [5.41, 5.74) is 0.817. The predicted octanol–water partition coefficient (Wildman–Crippen LogP) is 1.47. The summed E-state index contributed by atoms with van der Waals surface area (Å²) >= 11 is 0. The zero-order chi connectivity index (χ0) is 17.7. The lowest BCUT2D eigenvalue weighted by Crippen LogP contribution is -2.57. The quantitative estimate of drug-likeness (QED) is 0.896. The van der Waals surface area contributed by atoms with E-state index in [1.165, 1.54) is 32.1 Å². The van der Waals surface area contributed by atoms with Gasteiger partial charge in [0, 0.05) is 43.7 Å². The number of rotatable bonds is 4. The first kappa shape index (κ1) is 16.4. The summed E-state index contributed by atoms with van der Waals surface area (Å²) in [5, 5.41) is 16.8. The van der Waals surface area contributed by atoms with E-state index in [4.69, 9.17) is 0 Å². The van der Waals surface area contributed by atoms with E-state index in [0.717, 1.165) is 54.9 Å². The minimum absolute atomic E-state index is 0.713. The van der Waals surface area contributed by atoms with Crippen LogP contribution >= 0.6 is 0 Å². The third-order valence-electron chi connectivity index (χ3n) is 6.72. The Hall–Kier alpha value is -1.73. The Kier molecular flexibility index (Phi) is 4.09. The highest BCUT2D eigenvalue weighted by molar-refractivity contribution is 5.47. The molecule has 7 heteroatoms. The molecule has 5 rings (SSSR count). The monoisotopic (exact) mass is 355 g/mol. The maximum Gasteiger partial charge on any atom is 0.178 e. The summed E-state index contributed by atoms with van der Waals surface area (Å²) in [6.45, 7) is 5.26. The number of nitrogens with zero attached hydrogens (tertiary/aromatic N) is 6. The van der Waals surface area contributed by atoms with Gasteiger partial charge in [-0.3, -0.25) is 0 Å². The Labute approximate surface area is 154 Å². The number of piperidine rings is 2. The fraction of sp³-hybridized carbons (Fsp3) is 0.737. The summed E-state index contributed by atoms with van der Waals surface area (Å²) < 4.78 is 1.83. The van der Waals surface area contributed by atoms with Crippen molar-refractivity contribution in [2.24, 2.45) is 5.92 Å². The van der Waals surface area contributed by atoms with Crippen LogP contribution in [0.3, 0.4) is 0 Å². The third kappa shape index (κ3) is 2.87. The maximum atomic E-state index is 4.68. The highest BCUT2D eigenvalue weighted by Gasteiger charge is 2.36. The molecule has 0 saturated carbocycles. The number of nitrogens with one attached hydrogen (secondary N) is 1. The van der Waals surface area contributed by atoms with Gasteiger partial charge in [0.25, 0.3) is 0 Å². The summed E-state index contributed by atoms with van der Waals surface area (Å²) in [6.07, 6.45) is 6.86. The fourth-order valence-corrected chi connectivity index (χ4v) is 5.06. The summed E-state index contributed by atoms with van der Waals surface area (Å²) in [7, 11) is 2.33. The minimum atomic E-state index is 0.713. The smallest absolute Gasteiger partial charge is 0.178 e. The van der Waals surface area contributed by atoms with Crippen LogP contribution in [0, 0.1) is 12.8 Å². The zero-order valence-corrected chi connectivity index (χ0v) is 15.8. The Balaban J connectivity index is 1.13. The lowest BCUT2D eigenvalue weighted by molar-refractivity contribution is 0.0474. The Morgan fingerprint density at radius 1 is 1.12 bits per heavy atom. The molecule has 3 saturated heterocycles. The van der Waals surface area contributed by atoms with Gasteiger partial charge in [-0.05, 0) is 51.8 Å². The van der Waals surface area contributed by atoms with Crippen LogP contribution in [-0.4, -0.2) is 69.5 Å². The molecule has 26 heavy (non-hydrogen) atoms. The van der Waals surface area contributed by atoms with E-state index in [2.05, 4.69) is 43.5 Å². The van der Waals surface area contributed by atoms with Gasteiger partial charge in [0.15, 0.2) is 11.5 Å². The fourth-order valence-electron chi connectivity index (χ4n) is 5.06. The number of aryl methyl sites for hydroxylation is 1. The van der Waals surface area contributed by atoms with Crippen molar-refractivity contribution in [3.8, 4) is 0 Å². The molecule has 140 valence electrons. The van der Waals surface area contributed by atoms with Gasteiger partial charge < -0.3 is 15.1 Å². The molecular formula is C19H29N7. The second-order valence-corrected chi connectivity index (χ2v) is 8.46. The average Bonchev–Trinajstić information content (AvgIpc) is 2.95. The molecule has 5 heterocycles. The van der Waals surface area contributed by atoms with Crippen molar-refractivity contribution in [2.75, 3.05) is 31.6 Å². The lowest BCUT2D eigenvalue weighted by atomic mass is 9.82. The molecule has 2 atom stereocenters. The van der Waals surface area contributed by atoms with Crippen LogP contribution in [0.15, 0.2) is 12.1 Å². The van der Waals surface area contributed by atoms with E-state index >= 15 is 0 Å². The maximum absolute atomic E-state index is 4.68. The second-order valence-electron chi connectivity index (χ2n) is 8.46. The van der Waals surface area contributed by atoms with Crippen LogP contribution in [0.2, 0.25) is 0 Å². The van der Waals surface area contributed by atoms with Gasteiger partial charge in [-0.2, -0.15) is 4.52 Å². The Morgan fingerprint density at radius 3 is 2.65 bits per heavy atom. The van der Waals surface area contributed by atoms with Gasteiger partial charge in [-0.15, -0.1) is 15.3 Å². The van der Waals surface area contributed by atoms with Crippen LogP contribution in [0.1, 0.15) is 37.9 Å². The molecule has 2 aromatic heterocycles. The molecule has 0 aromatic carbocycles. The Bertz CT molecular complexity index is 767. The highest BCUT2D eigenvalue weighted by atomic mass is 15.4. The summed E-state index contributed by atoms with van der Waals surface area (Å²) in [4.78, 5) is 5.00. The molecule has 2 unspecified atom stereocenters. The molecule has 3 fully saturated rings. The SMILES string of the molecule is Cc1nnc2ccc(N3CC(CNC4CC5CCCC(C4)N5C)C3)nn12. The molecule has 2 aromatic rings. The van der Waals surface area contributed by atoms with Crippen LogP contribution in [0.5, 0.6) is 0 Å². The van der Waals surface area contributed by atoms with E-state index in [-0.39, 0.29) is 0 Å². The number of hydrogen-bond donors (Lipinski definition) is 1. The number of hydrogen-bond acceptors (Lipinski definition) is 6. The second kappa shape index (κ2) is 6.46. The van der Waals surface area contributed by atoms with Crippen LogP contribution < -0.4 is 10.2 Å². The van der Waals surface area contributed by atoms with Gasteiger partial charge in [-0.25, -0.2) is 0 Å². The van der Waals surface area contributed by atoms with Gasteiger partial charge in [0.1, 0.15) is 5.82 Å². The molecule has 0 radical (unpaired) electrons. The van der Waals surface area contributed by atoms with Crippen molar-refractivity contribution >= 4 is 11.5 Å². The van der Waals surface area contributed by atoms with Gasteiger partial charge in [0.05, 0.1) is 0 Å². The molecule has 0 aliphatic carbocycles. The third-order valence-corrected chi connectivity index (χ3v) is 6.72. The van der Waals surface area contributed by atoms with Crippen molar-refractivity contribution in [1.29, 1.82) is 0 Å². The molecular weight excluding hydrogens is 326 g/mol. The molecule has 3 aliphatic heterocycles. The predicted molar refractivity (Wildman–Crippen MR) is 101 cm³/mol. The minimum Gasteiger partial charge on any atom is -0.354 e. The molecule has 0 amide bonds. The highest BCUT2D eigenvalue weighted by Crippen LogP contribution is 2.33. The number of fused-ring (bicyclic) bond motifs is 3. The van der Waals surface area contributed by atoms with Gasteiger partial charge >= 0.3 is 0 Å². The molecule has 1 N–H and O–H groups in total. The topological polar surface area (TPSA) is 61.6 Å². The first-order chi connectivity index (χ1) is 12.7. The van der Waals surface area contributed by atoms with Crippen molar-refractivity contribution in [2.45, 2.75) is 57.2 Å². The first-order valence-electron chi connectivity index (χ1n) is 10.1. The first-order valence-corrected chi connectivity index (χ1v) is 10.1. The molecule has 3 aliphatic rings. The standard InChI is InChI=1S/C19H29N7/c1-13-21-22-18-6-7-19(23-26(13)18)25-11-14(12-25)10-20-15-8-16-4-3-5-17(9-15)24(16)2/h6-7,14-17,20H,3-5,8-12H2,1-2H3. The average molecular weight is 355 g/mol. The van der Waals surface area contributed by atoms with Crippen molar-refractivity contribution in [3.05, 3.63) is 18.0 Å². The van der Waals surface area contributed by atoms with Crippen molar-refractivity contribution in [3.63, 3.8) is 0 Å². The van der Waals surface area contributed by atoms with Crippen molar-refractivity contribution in [1.82, 2.24) is 30.0 Å². The largest absolute Gasteiger partial charge is 0.354 e.